The molecule has 0 aromatic heterocycles. The summed E-state index contributed by atoms with van der Waals surface area (Å²) in [6.07, 6.45) is -1.14. The molecule has 0 bridgehead atoms. The van der Waals surface area contributed by atoms with E-state index in [0.717, 1.165) is 0 Å². The van der Waals surface area contributed by atoms with E-state index in [1.807, 2.05) is 0 Å². The number of halogens is 1. The number of nitrogens with two attached hydrogens (primary N) is 1. The second-order valence-corrected chi connectivity index (χ2v) is 2.48. The van der Waals surface area contributed by atoms with Crippen LogP contribution in [0.1, 0.15) is 6.42 Å². The highest BCUT2D eigenvalue weighted by Crippen LogP contribution is 2.20. The van der Waals surface area contributed by atoms with Crippen LogP contribution in [0.3, 0.4) is 0 Å². The summed E-state index contributed by atoms with van der Waals surface area (Å²) in [7, 11) is 0. The van der Waals surface area contributed by atoms with Gasteiger partial charge in [-0.2, -0.15) is 0 Å². The SMILES string of the molecule is NC(=O)CC(Cl)([N+](=O)[O-])[N+](=O)[O-]. The lowest BCUT2D eigenvalue weighted by Crippen LogP contribution is -2.43. The molecule has 0 atom stereocenters. The molecule has 0 fully saturated rings. The summed E-state index contributed by atoms with van der Waals surface area (Å²) < 4.78 is 0. The molecule has 9 heteroatoms. The molecule has 0 aliphatic rings. The summed E-state index contributed by atoms with van der Waals surface area (Å²) >= 11 is 4.91. The third-order valence-electron chi connectivity index (χ3n) is 0.959. The summed E-state index contributed by atoms with van der Waals surface area (Å²) in [6, 6.07) is 0. The smallest absolute Gasteiger partial charge is 0.369 e. The van der Waals surface area contributed by atoms with Crippen LogP contribution < -0.4 is 5.73 Å². The number of nitrogens with zero attached hydrogens (tertiary/aromatic N) is 2. The van der Waals surface area contributed by atoms with Crippen LogP contribution in [0.5, 0.6) is 0 Å². The highest BCUT2D eigenvalue weighted by atomic mass is 35.5. The zero-order chi connectivity index (χ0) is 9.94. The van der Waals surface area contributed by atoms with E-state index >= 15 is 0 Å². The van der Waals surface area contributed by atoms with Crippen molar-refractivity contribution in [3.05, 3.63) is 20.2 Å². The molecule has 0 saturated carbocycles. The Kier molecular flexibility index (Phi) is 2.91. The Morgan fingerprint density at radius 3 is 1.83 bits per heavy atom. The molecule has 0 saturated heterocycles. The van der Waals surface area contributed by atoms with E-state index in [2.05, 4.69) is 5.73 Å². The maximum absolute atomic E-state index is 10.2. The average molecular weight is 198 g/mol. The third-order valence-corrected chi connectivity index (χ3v) is 1.37. The lowest BCUT2D eigenvalue weighted by molar-refractivity contribution is -0.764. The minimum atomic E-state index is -3.04. The van der Waals surface area contributed by atoms with E-state index in [9.17, 15) is 25.0 Å². The van der Waals surface area contributed by atoms with Crippen molar-refractivity contribution < 1.29 is 14.6 Å². The van der Waals surface area contributed by atoms with Gasteiger partial charge in [-0.25, -0.2) is 0 Å². The van der Waals surface area contributed by atoms with E-state index in [1.54, 1.807) is 0 Å². The van der Waals surface area contributed by atoms with Crippen LogP contribution >= 0.6 is 11.6 Å². The van der Waals surface area contributed by atoms with E-state index in [4.69, 9.17) is 11.6 Å². The number of primary amides is 1. The zero-order valence-corrected chi connectivity index (χ0v) is 6.35. The summed E-state index contributed by atoms with van der Waals surface area (Å²) in [5.74, 6) is -1.21. The summed E-state index contributed by atoms with van der Waals surface area (Å²) in [6.45, 7) is 0. The van der Waals surface area contributed by atoms with Crippen LogP contribution in [0.4, 0.5) is 0 Å². The van der Waals surface area contributed by atoms with Crippen LogP contribution in [-0.2, 0) is 4.79 Å². The molecular weight excluding hydrogens is 194 g/mol. The van der Waals surface area contributed by atoms with Crippen molar-refractivity contribution in [1.82, 2.24) is 0 Å². The number of amides is 1. The summed E-state index contributed by atoms with van der Waals surface area (Å²) in [5, 5.41) is 17.0. The molecule has 0 aliphatic carbocycles. The molecule has 0 unspecified atom stereocenters. The Labute approximate surface area is 70.6 Å². The van der Waals surface area contributed by atoms with Crippen LogP contribution in [0.2, 0.25) is 0 Å². The minimum absolute atomic E-state index is 1.14. The quantitative estimate of drug-likeness (QED) is 0.210. The van der Waals surface area contributed by atoms with Gasteiger partial charge in [0.15, 0.2) is 6.42 Å². The lowest BCUT2D eigenvalue weighted by Gasteiger charge is -2.06. The van der Waals surface area contributed by atoms with Crippen molar-refractivity contribution in [2.75, 3.05) is 0 Å². The second kappa shape index (κ2) is 3.30. The van der Waals surface area contributed by atoms with E-state index in [-0.39, 0.29) is 0 Å². The number of carbonyl (C=O) groups is 1. The van der Waals surface area contributed by atoms with Gasteiger partial charge >= 0.3 is 5.12 Å². The van der Waals surface area contributed by atoms with Crippen molar-refractivity contribution in [2.45, 2.75) is 11.5 Å². The third kappa shape index (κ3) is 2.02. The Hall–Kier alpha value is -1.44. The van der Waals surface area contributed by atoms with Gasteiger partial charge in [0.2, 0.25) is 5.91 Å². The fourth-order valence-corrected chi connectivity index (χ4v) is 0.549. The highest BCUT2D eigenvalue weighted by molar-refractivity contribution is 6.22. The average Bonchev–Trinajstić information content (AvgIpc) is 1.84. The first-order chi connectivity index (χ1) is 5.30. The molecule has 2 N–H and O–H groups in total. The highest BCUT2D eigenvalue weighted by Gasteiger charge is 2.55. The van der Waals surface area contributed by atoms with Gasteiger partial charge in [0.05, 0.1) is 0 Å². The maximum atomic E-state index is 10.2. The maximum Gasteiger partial charge on any atom is 0.545 e. The molecular formula is C3H4ClN3O5. The predicted octanol–water partition coefficient (Wildman–Crippen LogP) is -0.692. The van der Waals surface area contributed by atoms with Crippen molar-refractivity contribution in [1.29, 1.82) is 0 Å². The summed E-state index contributed by atoms with van der Waals surface area (Å²) in [5.41, 5.74) is 4.52. The first-order valence-electron chi connectivity index (χ1n) is 2.57. The zero-order valence-electron chi connectivity index (χ0n) is 5.60. The number of carbonyl (C=O) groups excluding carboxylic acids is 1. The molecule has 0 aromatic carbocycles. The first kappa shape index (κ1) is 10.6. The minimum Gasteiger partial charge on any atom is -0.369 e. The fraction of sp³-hybridized carbons (Fsp3) is 0.667. The molecule has 0 aromatic rings. The Bertz CT molecular complexity index is 226. The van der Waals surface area contributed by atoms with E-state index in [0.29, 0.717) is 0 Å². The van der Waals surface area contributed by atoms with Crippen molar-refractivity contribution in [2.24, 2.45) is 5.73 Å². The normalized spacial score (nSPS) is 10.8. The molecule has 8 nitrogen and oxygen atoms in total. The molecule has 0 heterocycles. The van der Waals surface area contributed by atoms with Crippen LogP contribution in [-0.4, -0.2) is 20.9 Å². The molecule has 0 aliphatic heterocycles. The van der Waals surface area contributed by atoms with Crippen molar-refractivity contribution in [3.63, 3.8) is 0 Å². The Balaban J connectivity index is 4.75. The van der Waals surface area contributed by atoms with Gasteiger partial charge in [0, 0.05) is 11.6 Å². The largest absolute Gasteiger partial charge is 0.545 e. The van der Waals surface area contributed by atoms with Crippen molar-refractivity contribution in [3.8, 4) is 0 Å². The molecule has 0 spiro atoms. The number of hydrogen-bond acceptors (Lipinski definition) is 5. The Morgan fingerprint density at radius 1 is 1.42 bits per heavy atom. The molecule has 0 rings (SSSR count). The van der Waals surface area contributed by atoms with E-state index < -0.39 is 27.3 Å². The lowest BCUT2D eigenvalue weighted by atomic mass is 10.3. The number of alkyl halides is 1. The van der Waals surface area contributed by atoms with Crippen LogP contribution in [0.25, 0.3) is 0 Å². The second-order valence-electron chi connectivity index (χ2n) is 1.88. The topological polar surface area (TPSA) is 129 Å². The Morgan fingerprint density at radius 2 is 1.75 bits per heavy atom. The van der Waals surface area contributed by atoms with Gasteiger partial charge in [0.1, 0.15) is 9.85 Å². The van der Waals surface area contributed by atoms with Crippen LogP contribution in [0.15, 0.2) is 0 Å². The van der Waals surface area contributed by atoms with Crippen molar-refractivity contribution >= 4 is 17.5 Å². The van der Waals surface area contributed by atoms with Gasteiger partial charge < -0.3 is 5.73 Å². The molecule has 1 amide bonds. The number of hydrogen-bond donors (Lipinski definition) is 1. The monoisotopic (exact) mass is 197 g/mol. The molecule has 68 valence electrons. The number of nitro groups is 2. The van der Waals surface area contributed by atoms with Gasteiger partial charge in [-0.3, -0.25) is 25.0 Å². The standard InChI is InChI=1S/C3H4ClN3O5/c4-3(6(9)10,7(11)12)1-2(5)8/h1H2,(H2,5,8). The predicted molar refractivity (Wildman–Crippen MR) is 36.4 cm³/mol. The number of rotatable bonds is 4. The van der Waals surface area contributed by atoms with Gasteiger partial charge in [0.25, 0.3) is 0 Å². The molecule has 12 heavy (non-hydrogen) atoms. The van der Waals surface area contributed by atoms with E-state index in [1.165, 1.54) is 0 Å². The fourth-order valence-electron chi connectivity index (χ4n) is 0.417. The van der Waals surface area contributed by atoms with Crippen LogP contribution in [0, 0.1) is 20.2 Å². The molecule has 0 radical (unpaired) electrons. The van der Waals surface area contributed by atoms with Gasteiger partial charge in [-0.15, -0.1) is 0 Å². The van der Waals surface area contributed by atoms with Gasteiger partial charge in [-0.1, -0.05) is 0 Å². The van der Waals surface area contributed by atoms with Gasteiger partial charge in [-0.05, 0) is 0 Å². The summed E-state index contributed by atoms with van der Waals surface area (Å²) in [4.78, 5) is 27.4. The first-order valence-corrected chi connectivity index (χ1v) is 2.94.